The van der Waals surface area contributed by atoms with Crippen LogP contribution in [0.25, 0.3) is 10.7 Å². The fraction of sp³-hybridized carbons (Fsp3) is 0.429. The fourth-order valence-electron chi connectivity index (χ4n) is 1.93. The Balaban J connectivity index is 2.03. The van der Waals surface area contributed by atoms with E-state index in [1.54, 1.807) is 23.5 Å². The van der Waals surface area contributed by atoms with Gasteiger partial charge in [-0.15, -0.1) is 11.3 Å². The monoisotopic (exact) mass is 306 g/mol. The number of aliphatic hydroxyl groups excluding tert-OH is 1. The van der Waals surface area contributed by atoms with Gasteiger partial charge < -0.3 is 10.0 Å². The molecule has 0 atom stereocenters. The topological polar surface area (TPSA) is 79.2 Å². The summed E-state index contributed by atoms with van der Waals surface area (Å²) in [7, 11) is 0. The zero-order chi connectivity index (χ0) is 15.1. The molecule has 1 N–H and O–H groups in total. The van der Waals surface area contributed by atoms with Crippen molar-refractivity contribution in [1.82, 2.24) is 19.9 Å². The van der Waals surface area contributed by atoms with Crippen LogP contribution in [-0.4, -0.2) is 50.6 Å². The van der Waals surface area contributed by atoms with Gasteiger partial charge in [0.2, 0.25) is 5.91 Å². The third-order valence-corrected chi connectivity index (χ3v) is 3.80. The summed E-state index contributed by atoms with van der Waals surface area (Å²) in [4.78, 5) is 26.5. The van der Waals surface area contributed by atoms with Gasteiger partial charge in [0.1, 0.15) is 10.7 Å². The third kappa shape index (κ3) is 4.30. The van der Waals surface area contributed by atoms with Crippen LogP contribution in [0.4, 0.5) is 0 Å². The Kier molecular flexibility index (Phi) is 5.77. The van der Waals surface area contributed by atoms with Crippen LogP contribution < -0.4 is 0 Å². The molecule has 0 bridgehead atoms. The smallest absolute Gasteiger partial charge is 0.228 e. The van der Waals surface area contributed by atoms with Crippen LogP contribution in [0, 0.1) is 0 Å². The number of nitrogens with zero attached hydrogens (tertiary/aromatic N) is 4. The molecule has 0 aliphatic rings. The first kappa shape index (κ1) is 15.5. The number of amides is 1. The lowest BCUT2D eigenvalue weighted by molar-refractivity contribution is -0.131. The third-order valence-electron chi connectivity index (χ3n) is 2.88. The Morgan fingerprint density at radius 3 is 2.90 bits per heavy atom. The van der Waals surface area contributed by atoms with Crippen molar-refractivity contribution < 1.29 is 9.90 Å². The van der Waals surface area contributed by atoms with Crippen LogP contribution in [0.1, 0.15) is 19.0 Å². The van der Waals surface area contributed by atoms with Crippen LogP contribution in [0.15, 0.2) is 24.0 Å². The molecule has 0 fully saturated rings. The molecule has 2 rings (SSSR count). The van der Waals surface area contributed by atoms with E-state index in [-0.39, 0.29) is 18.9 Å². The highest BCUT2D eigenvalue weighted by Crippen LogP contribution is 2.21. The summed E-state index contributed by atoms with van der Waals surface area (Å²) in [5, 5.41) is 11.6. The summed E-state index contributed by atoms with van der Waals surface area (Å²) in [6.45, 7) is 3.01. The van der Waals surface area contributed by atoms with Crippen molar-refractivity contribution in [3.8, 4) is 10.7 Å². The van der Waals surface area contributed by atoms with Crippen molar-refractivity contribution in [2.24, 2.45) is 0 Å². The minimum Gasteiger partial charge on any atom is -0.395 e. The average Bonchev–Trinajstić information content (AvgIpc) is 2.96. The van der Waals surface area contributed by atoms with Crippen molar-refractivity contribution >= 4 is 17.2 Å². The maximum Gasteiger partial charge on any atom is 0.228 e. The molecule has 2 heterocycles. The Morgan fingerprint density at radius 2 is 2.24 bits per heavy atom. The minimum atomic E-state index is -0.0202. The van der Waals surface area contributed by atoms with Crippen molar-refractivity contribution in [2.75, 3.05) is 19.7 Å². The normalized spacial score (nSPS) is 10.6. The predicted molar refractivity (Wildman–Crippen MR) is 80.8 cm³/mol. The molecule has 0 saturated heterocycles. The number of thiazole rings is 1. The van der Waals surface area contributed by atoms with Crippen molar-refractivity contribution in [3.05, 3.63) is 29.7 Å². The molecule has 0 spiro atoms. The molecule has 0 radical (unpaired) electrons. The maximum absolute atomic E-state index is 12.2. The van der Waals surface area contributed by atoms with Gasteiger partial charge in [-0.3, -0.25) is 14.8 Å². The quantitative estimate of drug-likeness (QED) is 0.836. The molecule has 0 aromatic carbocycles. The van der Waals surface area contributed by atoms with Gasteiger partial charge in [0.25, 0.3) is 0 Å². The number of carbonyl (C=O) groups is 1. The van der Waals surface area contributed by atoms with E-state index in [0.29, 0.717) is 18.8 Å². The highest BCUT2D eigenvalue weighted by molar-refractivity contribution is 7.13. The molecule has 0 aliphatic heterocycles. The van der Waals surface area contributed by atoms with E-state index >= 15 is 0 Å². The molecule has 2 aromatic rings. The van der Waals surface area contributed by atoms with Gasteiger partial charge >= 0.3 is 0 Å². The lowest BCUT2D eigenvalue weighted by Gasteiger charge is -2.20. The number of hydrogen-bond acceptors (Lipinski definition) is 6. The van der Waals surface area contributed by atoms with E-state index in [1.807, 2.05) is 12.3 Å². The first-order valence-corrected chi connectivity index (χ1v) is 7.72. The molecular formula is C14H18N4O2S. The summed E-state index contributed by atoms with van der Waals surface area (Å²) < 4.78 is 0. The van der Waals surface area contributed by atoms with Gasteiger partial charge in [0.05, 0.1) is 24.9 Å². The predicted octanol–water partition coefficient (Wildman–Crippen LogP) is 1.37. The number of hydrogen-bond donors (Lipinski definition) is 1. The highest BCUT2D eigenvalue weighted by atomic mass is 32.1. The first-order valence-electron chi connectivity index (χ1n) is 6.84. The largest absolute Gasteiger partial charge is 0.395 e. The zero-order valence-electron chi connectivity index (χ0n) is 11.9. The Labute approximate surface area is 127 Å². The summed E-state index contributed by atoms with van der Waals surface area (Å²) in [6.07, 6.45) is 5.99. The molecule has 0 aliphatic carbocycles. The maximum atomic E-state index is 12.2. The molecule has 7 heteroatoms. The van der Waals surface area contributed by atoms with Crippen LogP contribution in [0.5, 0.6) is 0 Å². The van der Waals surface area contributed by atoms with E-state index in [9.17, 15) is 4.79 Å². The van der Waals surface area contributed by atoms with E-state index in [1.165, 1.54) is 11.3 Å². The average molecular weight is 306 g/mol. The molecule has 0 unspecified atom stereocenters. The van der Waals surface area contributed by atoms with Gasteiger partial charge in [0.15, 0.2) is 0 Å². The van der Waals surface area contributed by atoms with Gasteiger partial charge in [-0.25, -0.2) is 4.98 Å². The van der Waals surface area contributed by atoms with Gasteiger partial charge in [-0.1, -0.05) is 6.92 Å². The zero-order valence-corrected chi connectivity index (χ0v) is 12.7. The van der Waals surface area contributed by atoms with Gasteiger partial charge in [-0.05, 0) is 6.42 Å². The second-order valence-electron chi connectivity index (χ2n) is 4.52. The summed E-state index contributed by atoms with van der Waals surface area (Å²) in [6, 6.07) is 0. The molecule has 21 heavy (non-hydrogen) atoms. The molecule has 2 aromatic heterocycles. The van der Waals surface area contributed by atoms with E-state index in [2.05, 4.69) is 15.0 Å². The first-order chi connectivity index (χ1) is 10.2. The van der Waals surface area contributed by atoms with E-state index in [0.717, 1.165) is 17.1 Å². The number of aromatic nitrogens is 3. The summed E-state index contributed by atoms with van der Waals surface area (Å²) in [5.74, 6) is -0.0121. The number of rotatable bonds is 7. The fourth-order valence-corrected chi connectivity index (χ4v) is 2.71. The highest BCUT2D eigenvalue weighted by Gasteiger charge is 2.15. The van der Waals surface area contributed by atoms with Crippen molar-refractivity contribution in [3.63, 3.8) is 0 Å². The SMILES string of the molecule is CCCN(CCO)C(=O)Cc1csc(-c2cnccn2)n1. The van der Waals surface area contributed by atoms with Gasteiger partial charge in [0, 0.05) is 30.9 Å². The van der Waals surface area contributed by atoms with Crippen LogP contribution >= 0.6 is 11.3 Å². The van der Waals surface area contributed by atoms with Crippen molar-refractivity contribution in [1.29, 1.82) is 0 Å². The Bertz CT molecular complexity index is 567. The Hall–Kier alpha value is -1.86. The second-order valence-corrected chi connectivity index (χ2v) is 5.37. The Morgan fingerprint density at radius 1 is 1.38 bits per heavy atom. The molecular weight excluding hydrogens is 288 g/mol. The van der Waals surface area contributed by atoms with Crippen molar-refractivity contribution in [2.45, 2.75) is 19.8 Å². The molecule has 6 nitrogen and oxygen atoms in total. The molecule has 112 valence electrons. The second kappa shape index (κ2) is 7.80. The van der Waals surface area contributed by atoms with Crippen LogP contribution in [0.2, 0.25) is 0 Å². The minimum absolute atomic E-state index is 0.0121. The van der Waals surface area contributed by atoms with Crippen LogP contribution in [-0.2, 0) is 11.2 Å². The summed E-state index contributed by atoms with van der Waals surface area (Å²) in [5.41, 5.74) is 1.44. The molecule has 0 saturated carbocycles. The number of aliphatic hydroxyl groups is 1. The molecule has 1 amide bonds. The standard InChI is InChI=1S/C14H18N4O2S/c1-2-5-18(6-7-19)13(20)8-11-10-21-14(17-11)12-9-15-3-4-16-12/h3-4,9-10,19H,2,5-8H2,1H3. The van der Waals surface area contributed by atoms with E-state index in [4.69, 9.17) is 5.11 Å². The van der Waals surface area contributed by atoms with E-state index < -0.39 is 0 Å². The summed E-state index contributed by atoms with van der Waals surface area (Å²) >= 11 is 1.45. The van der Waals surface area contributed by atoms with Gasteiger partial charge in [-0.2, -0.15) is 0 Å². The van der Waals surface area contributed by atoms with Crippen LogP contribution in [0.3, 0.4) is 0 Å². The lowest BCUT2D eigenvalue weighted by atomic mass is 10.3. The number of carbonyl (C=O) groups excluding carboxylic acids is 1. The lowest BCUT2D eigenvalue weighted by Crippen LogP contribution is -2.35.